The molecule has 20 heavy (non-hydrogen) atoms. The van der Waals surface area contributed by atoms with Gasteiger partial charge in [0.1, 0.15) is 17.9 Å². The zero-order valence-corrected chi connectivity index (χ0v) is 11.7. The largest absolute Gasteiger partial charge is 0.491 e. The van der Waals surface area contributed by atoms with Gasteiger partial charge in [0.2, 0.25) is 0 Å². The van der Waals surface area contributed by atoms with Crippen LogP contribution in [0.3, 0.4) is 0 Å². The number of nitrogens with zero attached hydrogens (tertiary/aromatic N) is 1. The third-order valence-electron chi connectivity index (χ3n) is 2.65. The highest BCUT2D eigenvalue weighted by atomic mass is 16.6. The summed E-state index contributed by atoms with van der Waals surface area (Å²) in [5.74, 6) is -0.146. The van der Waals surface area contributed by atoms with Crippen LogP contribution in [0.1, 0.15) is 19.4 Å². The smallest absolute Gasteiger partial charge is 0.329 e. The zero-order chi connectivity index (χ0) is 15.3. The van der Waals surface area contributed by atoms with Crippen molar-refractivity contribution >= 4 is 11.7 Å². The Hall–Kier alpha value is -2.15. The molecular weight excluding hydrogens is 264 g/mol. The van der Waals surface area contributed by atoms with Gasteiger partial charge in [-0.25, -0.2) is 4.79 Å². The van der Waals surface area contributed by atoms with Crippen LogP contribution in [0.25, 0.3) is 0 Å². The molecule has 1 rings (SSSR count). The first-order chi connectivity index (χ1) is 9.27. The third-order valence-corrected chi connectivity index (χ3v) is 2.65. The molecule has 0 heterocycles. The van der Waals surface area contributed by atoms with Gasteiger partial charge in [0.05, 0.1) is 11.5 Å². The van der Waals surface area contributed by atoms with E-state index in [1.54, 1.807) is 13.8 Å². The molecule has 2 N–H and O–H groups in total. The van der Waals surface area contributed by atoms with Gasteiger partial charge in [0, 0.05) is 11.6 Å². The van der Waals surface area contributed by atoms with Crippen LogP contribution in [-0.4, -0.2) is 29.6 Å². The van der Waals surface area contributed by atoms with Gasteiger partial charge < -0.3 is 15.2 Å². The fourth-order valence-electron chi connectivity index (χ4n) is 1.51. The number of esters is 1. The van der Waals surface area contributed by atoms with E-state index in [0.717, 1.165) is 0 Å². The van der Waals surface area contributed by atoms with Crippen molar-refractivity contribution in [2.75, 3.05) is 13.2 Å². The SMILES string of the molecule is CCOC(=O)C(C)(N)COc1ccc([N+](=O)[O-])c(C)c1. The summed E-state index contributed by atoms with van der Waals surface area (Å²) in [6.45, 7) is 4.96. The number of carbonyl (C=O) groups is 1. The average Bonchev–Trinajstić information content (AvgIpc) is 2.36. The highest BCUT2D eigenvalue weighted by Gasteiger charge is 2.31. The molecule has 7 nitrogen and oxygen atoms in total. The van der Waals surface area contributed by atoms with Gasteiger partial charge in [-0.05, 0) is 32.9 Å². The summed E-state index contributed by atoms with van der Waals surface area (Å²) in [6.07, 6.45) is 0. The molecule has 1 atom stereocenters. The van der Waals surface area contributed by atoms with Crippen molar-refractivity contribution in [3.8, 4) is 5.75 Å². The highest BCUT2D eigenvalue weighted by Crippen LogP contribution is 2.23. The molecule has 0 aliphatic heterocycles. The van der Waals surface area contributed by atoms with Crippen molar-refractivity contribution in [3.63, 3.8) is 0 Å². The number of nitro benzene ring substituents is 1. The van der Waals surface area contributed by atoms with Crippen LogP contribution in [0.2, 0.25) is 0 Å². The second kappa shape index (κ2) is 6.33. The first-order valence-corrected chi connectivity index (χ1v) is 6.12. The predicted octanol–water partition coefficient (Wildman–Crippen LogP) is 1.56. The molecule has 1 aromatic rings. The van der Waals surface area contributed by atoms with Crippen LogP contribution < -0.4 is 10.5 Å². The van der Waals surface area contributed by atoms with Gasteiger partial charge in [-0.2, -0.15) is 0 Å². The Morgan fingerprint density at radius 2 is 2.15 bits per heavy atom. The molecule has 7 heteroatoms. The Labute approximate surface area is 116 Å². The molecule has 0 bridgehead atoms. The van der Waals surface area contributed by atoms with E-state index in [9.17, 15) is 14.9 Å². The lowest BCUT2D eigenvalue weighted by molar-refractivity contribution is -0.385. The van der Waals surface area contributed by atoms with Gasteiger partial charge in [-0.15, -0.1) is 0 Å². The number of carbonyl (C=O) groups excluding carboxylic acids is 1. The number of nitro groups is 1. The highest BCUT2D eigenvalue weighted by molar-refractivity contribution is 5.80. The number of nitrogens with two attached hydrogens (primary N) is 1. The molecule has 0 aliphatic rings. The van der Waals surface area contributed by atoms with Gasteiger partial charge in [0.15, 0.2) is 0 Å². The molecule has 0 fully saturated rings. The summed E-state index contributed by atoms with van der Waals surface area (Å²) in [6, 6.07) is 4.34. The van der Waals surface area contributed by atoms with E-state index in [1.807, 2.05) is 0 Å². The molecule has 0 saturated carbocycles. The van der Waals surface area contributed by atoms with E-state index >= 15 is 0 Å². The Kier molecular flexibility index (Phi) is 5.04. The van der Waals surface area contributed by atoms with Crippen LogP contribution >= 0.6 is 0 Å². The van der Waals surface area contributed by atoms with Crippen LogP contribution in [0.5, 0.6) is 5.75 Å². The van der Waals surface area contributed by atoms with Crippen LogP contribution in [0, 0.1) is 17.0 Å². The average molecular weight is 282 g/mol. The number of rotatable bonds is 6. The molecule has 0 saturated heterocycles. The molecule has 1 aromatic carbocycles. The standard InChI is InChI=1S/C13H18N2O5/c1-4-19-12(16)13(3,14)8-20-10-5-6-11(15(17)18)9(2)7-10/h5-7H,4,8,14H2,1-3H3. The number of ether oxygens (including phenoxy) is 2. The van der Waals surface area contributed by atoms with Crippen LogP contribution in [-0.2, 0) is 9.53 Å². The van der Waals surface area contributed by atoms with E-state index in [2.05, 4.69) is 0 Å². The van der Waals surface area contributed by atoms with E-state index < -0.39 is 16.4 Å². The minimum atomic E-state index is -1.27. The maximum atomic E-state index is 11.6. The molecule has 0 spiro atoms. The topological polar surface area (TPSA) is 105 Å². The van der Waals surface area contributed by atoms with E-state index in [1.165, 1.54) is 25.1 Å². The molecule has 1 unspecified atom stereocenters. The zero-order valence-electron chi connectivity index (χ0n) is 11.7. The summed E-state index contributed by atoms with van der Waals surface area (Å²) >= 11 is 0. The molecule has 110 valence electrons. The summed E-state index contributed by atoms with van der Waals surface area (Å²) in [5.41, 5.74) is 5.02. The van der Waals surface area contributed by atoms with Crippen molar-refractivity contribution < 1.29 is 19.2 Å². The lowest BCUT2D eigenvalue weighted by Crippen LogP contribution is -2.51. The van der Waals surface area contributed by atoms with Gasteiger partial charge in [0.25, 0.3) is 5.69 Å². The predicted molar refractivity (Wildman–Crippen MR) is 72.6 cm³/mol. The summed E-state index contributed by atoms with van der Waals surface area (Å²) < 4.78 is 10.2. The van der Waals surface area contributed by atoms with Crippen molar-refractivity contribution in [1.82, 2.24) is 0 Å². The lowest BCUT2D eigenvalue weighted by atomic mass is 10.1. The third kappa shape index (κ3) is 3.92. The number of hydrogen-bond acceptors (Lipinski definition) is 6. The lowest BCUT2D eigenvalue weighted by Gasteiger charge is -2.22. The molecule has 0 aromatic heterocycles. The van der Waals surface area contributed by atoms with Crippen LogP contribution in [0.15, 0.2) is 18.2 Å². The monoisotopic (exact) mass is 282 g/mol. The molecule has 0 aliphatic carbocycles. The maximum Gasteiger partial charge on any atom is 0.329 e. The van der Waals surface area contributed by atoms with Crippen LogP contribution in [0.4, 0.5) is 5.69 Å². The fourth-order valence-corrected chi connectivity index (χ4v) is 1.51. The van der Waals surface area contributed by atoms with Crippen molar-refractivity contribution in [1.29, 1.82) is 0 Å². The Balaban J connectivity index is 2.73. The Morgan fingerprint density at radius 1 is 1.50 bits per heavy atom. The quantitative estimate of drug-likeness (QED) is 0.482. The number of benzene rings is 1. The minimum Gasteiger partial charge on any atom is -0.491 e. The summed E-state index contributed by atoms with van der Waals surface area (Å²) in [4.78, 5) is 21.8. The van der Waals surface area contributed by atoms with E-state index in [4.69, 9.17) is 15.2 Å². The first-order valence-electron chi connectivity index (χ1n) is 6.12. The normalized spacial score (nSPS) is 13.4. The first kappa shape index (κ1) is 15.9. The van der Waals surface area contributed by atoms with Crippen molar-refractivity contribution in [3.05, 3.63) is 33.9 Å². The van der Waals surface area contributed by atoms with Gasteiger partial charge >= 0.3 is 5.97 Å². The Morgan fingerprint density at radius 3 is 2.65 bits per heavy atom. The summed E-state index contributed by atoms with van der Waals surface area (Å²) in [5, 5.41) is 10.7. The molecule has 0 radical (unpaired) electrons. The van der Waals surface area contributed by atoms with Crippen molar-refractivity contribution in [2.24, 2.45) is 5.73 Å². The fraction of sp³-hybridized carbons (Fsp3) is 0.462. The van der Waals surface area contributed by atoms with Crippen molar-refractivity contribution in [2.45, 2.75) is 26.3 Å². The van der Waals surface area contributed by atoms with Gasteiger partial charge in [-0.3, -0.25) is 10.1 Å². The molecular formula is C13H18N2O5. The maximum absolute atomic E-state index is 11.6. The second-order valence-electron chi connectivity index (χ2n) is 4.63. The van der Waals surface area contributed by atoms with E-state index in [-0.39, 0.29) is 18.9 Å². The summed E-state index contributed by atoms with van der Waals surface area (Å²) in [7, 11) is 0. The molecule has 0 amide bonds. The number of aryl methyl sites for hydroxylation is 1. The van der Waals surface area contributed by atoms with Gasteiger partial charge in [-0.1, -0.05) is 0 Å². The van der Waals surface area contributed by atoms with E-state index in [0.29, 0.717) is 11.3 Å². The second-order valence-corrected chi connectivity index (χ2v) is 4.63. The Bertz CT molecular complexity index is 513. The minimum absolute atomic E-state index is 0.0123. The number of hydrogen-bond donors (Lipinski definition) is 1.